The van der Waals surface area contributed by atoms with Gasteiger partial charge in [0, 0.05) is 12.2 Å². The Kier molecular flexibility index (Phi) is 5.16. The van der Waals surface area contributed by atoms with Crippen molar-refractivity contribution >= 4 is 11.6 Å². The number of carbonyl (C=O) groups excluding carboxylic acids is 1. The zero-order valence-electron chi connectivity index (χ0n) is 11.7. The summed E-state index contributed by atoms with van der Waals surface area (Å²) in [5.41, 5.74) is 7.98. The molecule has 0 radical (unpaired) electrons. The Morgan fingerprint density at radius 2 is 2.35 bits per heavy atom. The smallest absolute Gasteiger partial charge is 0.253 e. The highest BCUT2D eigenvalue weighted by molar-refractivity contribution is 5.95. The maximum atomic E-state index is 12.2. The van der Waals surface area contributed by atoms with Gasteiger partial charge in [-0.15, -0.1) is 0 Å². The molecule has 0 aliphatic carbocycles. The van der Waals surface area contributed by atoms with Gasteiger partial charge in [0.25, 0.3) is 5.91 Å². The summed E-state index contributed by atoms with van der Waals surface area (Å²) in [4.78, 5) is 12.2. The van der Waals surface area contributed by atoms with Gasteiger partial charge in [0.05, 0.1) is 12.2 Å². The van der Waals surface area contributed by atoms with E-state index in [2.05, 4.69) is 17.2 Å². The maximum absolute atomic E-state index is 12.2. The molecule has 1 unspecified atom stereocenters. The molecule has 106 valence electrons. The zero-order valence-corrected chi connectivity index (χ0v) is 11.7. The van der Waals surface area contributed by atoms with Crippen LogP contribution in [0.2, 0.25) is 0 Å². The molecule has 1 fully saturated rings. The lowest BCUT2D eigenvalue weighted by Crippen LogP contribution is -2.33. The van der Waals surface area contributed by atoms with Gasteiger partial charge in [-0.2, -0.15) is 0 Å². The Hall–Kier alpha value is -1.83. The largest absolute Gasteiger partial charge is 0.368 e. The standard InChI is InChI=1S/C16H20N2O2/c1-12-7-8-13(5-4-9-17)14(11-12)18-16(19)15-6-2-3-10-20-15/h7-8,11,15H,2-3,6,9-10,17H2,1H3,(H,18,19). The number of aryl methyl sites for hydroxylation is 1. The van der Waals surface area contributed by atoms with Gasteiger partial charge in [-0.1, -0.05) is 17.9 Å². The second kappa shape index (κ2) is 7.09. The van der Waals surface area contributed by atoms with Crippen molar-refractivity contribution in [2.24, 2.45) is 5.73 Å². The van der Waals surface area contributed by atoms with Crippen molar-refractivity contribution in [1.29, 1.82) is 0 Å². The molecule has 1 aliphatic heterocycles. The first-order valence-corrected chi connectivity index (χ1v) is 6.93. The van der Waals surface area contributed by atoms with Crippen LogP contribution >= 0.6 is 0 Å². The monoisotopic (exact) mass is 272 g/mol. The number of benzene rings is 1. The van der Waals surface area contributed by atoms with Gasteiger partial charge in [-0.3, -0.25) is 4.79 Å². The molecule has 0 saturated carbocycles. The van der Waals surface area contributed by atoms with E-state index in [1.165, 1.54) is 0 Å². The van der Waals surface area contributed by atoms with Gasteiger partial charge in [0.1, 0.15) is 6.10 Å². The number of amides is 1. The van der Waals surface area contributed by atoms with Crippen LogP contribution in [-0.4, -0.2) is 25.2 Å². The Morgan fingerprint density at radius 3 is 3.05 bits per heavy atom. The van der Waals surface area contributed by atoms with Crippen LogP contribution in [0.3, 0.4) is 0 Å². The van der Waals surface area contributed by atoms with Gasteiger partial charge >= 0.3 is 0 Å². The minimum Gasteiger partial charge on any atom is -0.368 e. The Morgan fingerprint density at radius 1 is 1.50 bits per heavy atom. The summed E-state index contributed by atoms with van der Waals surface area (Å²) in [6.07, 6.45) is 2.49. The number of hydrogen-bond donors (Lipinski definition) is 2. The zero-order chi connectivity index (χ0) is 14.4. The molecule has 1 saturated heterocycles. The summed E-state index contributed by atoms with van der Waals surface area (Å²) in [6.45, 7) is 2.94. The predicted octanol–water partition coefficient (Wildman–Crippen LogP) is 1.81. The van der Waals surface area contributed by atoms with Gasteiger partial charge in [-0.05, 0) is 43.9 Å². The molecule has 4 heteroatoms. The van der Waals surface area contributed by atoms with Gasteiger partial charge in [0.15, 0.2) is 0 Å². The summed E-state index contributed by atoms with van der Waals surface area (Å²) in [5.74, 6) is 5.70. The summed E-state index contributed by atoms with van der Waals surface area (Å²) < 4.78 is 5.50. The molecule has 1 amide bonds. The number of nitrogens with two attached hydrogens (primary N) is 1. The van der Waals surface area contributed by atoms with E-state index in [1.807, 2.05) is 25.1 Å². The molecule has 3 N–H and O–H groups in total. The van der Waals surface area contributed by atoms with Crippen LogP contribution < -0.4 is 11.1 Å². The van der Waals surface area contributed by atoms with E-state index in [1.54, 1.807) is 0 Å². The lowest BCUT2D eigenvalue weighted by molar-refractivity contribution is -0.129. The Labute approximate surface area is 119 Å². The van der Waals surface area contributed by atoms with Crippen LogP contribution in [0.4, 0.5) is 5.69 Å². The molecule has 0 spiro atoms. The van der Waals surface area contributed by atoms with Crippen LogP contribution in [0, 0.1) is 18.8 Å². The van der Waals surface area contributed by atoms with E-state index >= 15 is 0 Å². The van der Waals surface area contributed by atoms with Crippen molar-refractivity contribution < 1.29 is 9.53 Å². The Bertz CT molecular complexity index is 537. The molecular weight excluding hydrogens is 252 g/mol. The quantitative estimate of drug-likeness (QED) is 0.807. The highest BCUT2D eigenvalue weighted by Crippen LogP contribution is 2.19. The predicted molar refractivity (Wildman–Crippen MR) is 79.3 cm³/mol. The van der Waals surface area contributed by atoms with Crippen LogP contribution in [-0.2, 0) is 9.53 Å². The van der Waals surface area contributed by atoms with Gasteiger partial charge < -0.3 is 15.8 Å². The Balaban J connectivity index is 2.14. The van der Waals surface area contributed by atoms with Gasteiger partial charge in [-0.25, -0.2) is 0 Å². The van der Waals surface area contributed by atoms with E-state index in [4.69, 9.17) is 10.5 Å². The van der Waals surface area contributed by atoms with Crippen LogP contribution in [0.1, 0.15) is 30.4 Å². The lowest BCUT2D eigenvalue weighted by Gasteiger charge is -2.22. The first-order valence-electron chi connectivity index (χ1n) is 6.93. The summed E-state index contributed by atoms with van der Waals surface area (Å²) in [6, 6.07) is 5.78. The SMILES string of the molecule is Cc1ccc(C#CCN)c(NC(=O)C2CCCCO2)c1. The third kappa shape index (κ3) is 3.83. The minimum atomic E-state index is -0.348. The van der Waals surface area contributed by atoms with E-state index in [0.29, 0.717) is 13.2 Å². The molecule has 4 nitrogen and oxygen atoms in total. The van der Waals surface area contributed by atoms with Crippen molar-refractivity contribution in [3.8, 4) is 11.8 Å². The van der Waals surface area contributed by atoms with E-state index in [9.17, 15) is 4.79 Å². The highest BCUT2D eigenvalue weighted by atomic mass is 16.5. The summed E-state index contributed by atoms with van der Waals surface area (Å²) >= 11 is 0. The number of anilines is 1. The first-order chi connectivity index (χ1) is 9.70. The molecule has 0 aromatic heterocycles. The second-order valence-corrected chi connectivity index (χ2v) is 4.90. The van der Waals surface area contributed by atoms with Crippen molar-refractivity contribution in [2.75, 3.05) is 18.5 Å². The van der Waals surface area contributed by atoms with Crippen molar-refractivity contribution in [3.63, 3.8) is 0 Å². The minimum absolute atomic E-state index is 0.0916. The molecule has 20 heavy (non-hydrogen) atoms. The number of nitrogens with one attached hydrogen (secondary N) is 1. The van der Waals surface area contributed by atoms with E-state index in [-0.39, 0.29) is 12.0 Å². The number of hydrogen-bond acceptors (Lipinski definition) is 3. The molecule has 1 aromatic rings. The molecule has 1 aliphatic rings. The van der Waals surface area contributed by atoms with Crippen LogP contribution in [0.25, 0.3) is 0 Å². The van der Waals surface area contributed by atoms with Crippen LogP contribution in [0.5, 0.6) is 0 Å². The fourth-order valence-electron chi connectivity index (χ4n) is 2.18. The molecule has 1 heterocycles. The highest BCUT2D eigenvalue weighted by Gasteiger charge is 2.22. The number of rotatable bonds is 2. The third-order valence-corrected chi connectivity index (χ3v) is 3.23. The van der Waals surface area contributed by atoms with E-state index < -0.39 is 0 Å². The maximum Gasteiger partial charge on any atom is 0.253 e. The lowest BCUT2D eigenvalue weighted by atomic mass is 10.1. The fourth-order valence-corrected chi connectivity index (χ4v) is 2.18. The average molecular weight is 272 g/mol. The second-order valence-electron chi connectivity index (χ2n) is 4.90. The molecular formula is C16H20N2O2. The van der Waals surface area contributed by atoms with Gasteiger partial charge in [0.2, 0.25) is 0 Å². The molecule has 1 atom stereocenters. The molecule has 2 rings (SSSR count). The van der Waals surface area contributed by atoms with Crippen molar-refractivity contribution in [2.45, 2.75) is 32.3 Å². The van der Waals surface area contributed by atoms with E-state index in [0.717, 1.165) is 36.1 Å². The van der Waals surface area contributed by atoms with Crippen LogP contribution in [0.15, 0.2) is 18.2 Å². The average Bonchev–Trinajstić information content (AvgIpc) is 2.47. The van der Waals surface area contributed by atoms with Crippen molar-refractivity contribution in [1.82, 2.24) is 0 Å². The third-order valence-electron chi connectivity index (χ3n) is 3.23. The normalized spacial score (nSPS) is 18.0. The van der Waals surface area contributed by atoms with Crippen molar-refractivity contribution in [3.05, 3.63) is 29.3 Å². The molecule has 1 aromatic carbocycles. The topological polar surface area (TPSA) is 64.3 Å². The number of carbonyl (C=O) groups is 1. The summed E-state index contributed by atoms with van der Waals surface area (Å²) in [5, 5.41) is 2.92. The fraction of sp³-hybridized carbons (Fsp3) is 0.438. The molecule has 0 bridgehead atoms. The first kappa shape index (κ1) is 14.6. The summed E-state index contributed by atoms with van der Waals surface area (Å²) in [7, 11) is 0. The number of ether oxygens (including phenoxy) is 1.